The number of rotatable bonds is 14. The fourth-order valence-corrected chi connectivity index (χ4v) is 2.51. The van der Waals surface area contributed by atoms with E-state index in [0.29, 0.717) is 13.2 Å². The van der Waals surface area contributed by atoms with Crippen LogP contribution in [0.4, 0.5) is 0 Å². The van der Waals surface area contributed by atoms with Crippen molar-refractivity contribution < 1.29 is 24.1 Å². The third-order valence-corrected chi connectivity index (χ3v) is 3.83. The van der Waals surface area contributed by atoms with E-state index in [2.05, 4.69) is 12.1 Å². The first-order valence-electron chi connectivity index (χ1n) is 8.67. The van der Waals surface area contributed by atoms with Gasteiger partial charge in [0.2, 0.25) is 0 Å². The molecule has 136 valence electrons. The summed E-state index contributed by atoms with van der Waals surface area (Å²) in [7, 11) is 3.33. The predicted octanol–water partition coefficient (Wildman–Crippen LogP) is 4.08. The molecule has 0 aliphatic heterocycles. The Balaban J connectivity index is 2.32. The van der Waals surface area contributed by atoms with Crippen molar-refractivity contribution >= 4 is 5.97 Å². The van der Waals surface area contributed by atoms with Gasteiger partial charge in [0, 0.05) is 26.6 Å². The van der Waals surface area contributed by atoms with Crippen LogP contribution in [-0.2, 0) is 16.0 Å². The number of carboxylic acid groups (broad SMARTS) is 1. The minimum atomic E-state index is -0.703. The highest BCUT2D eigenvalue weighted by Crippen LogP contribution is 2.29. The Morgan fingerprint density at radius 1 is 0.958 bits per heavy atom. The Morgan fingerprint density at radius 2 is 1.71 bits per heavy atom. The van der Waals surface area contributed by atoms with E-state index in [1.807, 2.05) is 6.07 Å². The molecule has 0 aliphatic carbocycles. The quantitative estimate of drug-likeness (QED) is 0.518. The van der Waals surface area contributed by atoms with Crippen LogP contribution in [0.25, 0.3) is 0 Å². The normalized spacial score (nSPS) is 10.6. The van der Waals surface area contributed by atoms with Crippen LogP contribution in [0.3, 0.4) is 0 Å². The highest BCUT2D eigenvalue weighted by Gasteiger charge is 2.06. The van der Waals surface area contributed by atoms with Gasteiger partial charge in [-0.25, -0.2) is 0 Å². The van der Waals surface area contributed by atoms with Gasteiger partial charge in [-0.15, -0.1) is 0 Å². The highest BCUT2D eigenvalue weighted by molar-refractivity contribution is 5.66. The van der Waals surface area contributed by atoms with Crippen LogP contribution in [0.1, 0.15) is 50.5 Å². The number of hydrogen-bond acceptors (Lipinski definition) is 4. The average Bonchev–Trinajstić information content (AvgIpc) is 2.58. The van der Waals surface area contributed by atoms with E-state index in [-0.39, 0.29) is 6.42 Å². The van der Waals surface area contributed by atoms with Crippen molar-refractivity contribution in [3.05, 3.63) is 23.8 Å². The minimum absolute atomic E-state index is 0.280. The Kier molecular flexibility index (Phi) is 10.7. The lowest BCUT2D eigenvalue weighted by Crippen LogP contribution is -2.03. The second-order valence-corrected chi connectivity index (χ2v) is 5.84. The smallest absolute Gasteiger partial charge is 0.303 e. The molecule has 24 heavy (non-hydrogen) atoms. The standard InChI is InChI=1S/C19H30O5/c1-22-13-8-14-24-18-15-16(11-12-17(18)23-2)9-6-4-3-5-7-10-19(20)21/h11-12,15H,3-10,13-14H2,1-2H3,(H,20,21). The molecule has 0 atom stereocenters. The third kappa shape index (κ3) is 8.77. The Bertz CT molecular complexity index is 473. The van der Waals surface area contributed by atoms with E-state index >= 15 is 0 Å². The van der Waals surface area contributed by atoms with Crippen LogP contribution in [0, 0.1) is 0 Å². The summed E-state index contributed by atoms with van der Waals surface area (Å²) in [6, 6.07) is 6.08. The van der Waals surface area contributed by atoms with Crippen LogP contribution >= 0.6 is 0 Å². The maximum Gasteiger partial charge on any atom is 0.303 e. The molecule has 0 aliphatic rings. The number of hydrogen-bond donors (Lipinski definition) is 1. The zero-order chi connectivity index (χ0) is 17.6. The van der Waals surface area contributed by atoms with Crippen molar-refractivity contribution in [2.24, 2.45) is 0 Å². The predicted molar refractivity (Wildman–Crippen MR) is 94.0 cm³/mol. The summed E-state index contributed by atoms with van der Waals surface area (Å²) in [5, 5.41) is 8.60. The molecule has 0 saturated carbocycles. The second kappa shape index (κ2) is 12.6. The van der Waals surface area contributed by atoms with Gasteiger partial charge < -0.3 is 19.3 Å². The molecular weight excluding hydrogens is 308 g/mol. The number of unbranched alkanes of at least 4 members (excludes halogenated alkanes) is 4. The lowest BCUT2D eigenvalue weighted by molar-refractivity contribution is -0.137. The van der Waals surface area contributed by atoms with E-state index < -0.39 is 5.97 Å². The number of aliphatic carboxylic acids is 1. The van der Waals surface area contributed by atoms with E-state index in [4.69, 9.17) is 19.3 Å². The molecule has 0 spiro atoms. The monoisotopic (exact) mass is 338 g/mol. The first kappa shape index (κ1) is 20.3. The Hall–Kier alpha value is -1.75. The molecule has 0 heterocycles. The van der Waals surface area contributed by atoms with Crippen LogP contribution in [-0.4, -0.2) is 38.5 Å². The maximum atomic E-state index is 10.4. The second-order valence-electron chi connectivity index (χ2n) is 5.84. The molecule has 0 radical (unpaired) electrons. The molecule has 5 heteroatoms. The van der Waals surface area contributed by atoms with Crippen molar-refractivity contribution in [2.45, 2.75) is 51.4 Å². The van der Waals surface area contributed by atoms with E-state index in [9.17, 15) is 4.79 Å². The molecule has 0 bridgehead atoms. The average molecular weight is 338 g/mol. The van der Waals surface area contributed by atoms with Crippen molar-refractivity contribution in [2.75, 3.05) is 27.4 Å². The van der Waals surface area contributed by atoms with Crippen LogP contribution in [0.15, 0.2) is 18.2 Å². The van der Waals surface area contributed by atoms with Crippen molar-refractivity contribution in [1.29, 1.82) is 0 Å². The summed E-state index contributed by atoms with van der Waals surface area (Å²) < 4.78 is 16.2. The molecule has 1 N–H and O–H groups in total. The van der Waals surface area contributed by atoms with E-state index in [1.54, 1.807) is 14.2 Å². The molecule has 0 fully saturated rings. The van der Waals surface area contributed by atoms with Gasteiger partial charge in [-0.05, 0) is 37.0 Å². The Morgan fingerprint density at radius 3 is 2.42 bits per heavy atom. The molecule has 1 aromatic carbocycles. The maximum absolute atomic E-state index is 10.4. The summed E-state index contributed by atoms with van der Waals surface area (Å²) in [5.74, 6) is 0.837. The van der Waals surface area contributed by atoms with Gasteiger partial charge in [0.05, 0.1) is 13.7 Å². The van der Waals surface area contributed by atoms with Gasteiger partial charge in [0.1, 0.15) is 0 Å². The molecule has 0 amide bonds. The molecule has 1 rings (SSSR count). The van der Waals surface area contributed by atoms with Gasteiger partial charge >= 0.3 is 5.97 Å². The fraction of sp³-hybridized carbons (Fsp3) is 0.632. The number of benzene rings is 1. The largest absolute Gasteiger partial charge is 0.493 e. The first-order valence-corrected chi connectivity index (χ1v) is 8.67. The number of carboxylic acids is 1. The number of carbonyl (C=O) groups is 1. The van der Waals surface area contributed by atoms with Crippen molar-refractivity contribution in [1.82, 2.24) is 0 Å². The van der Waals surface area contributed by atoms with E-state index in [1.165, 1.54) is 5.56 Å². The van der Waals surface area contributed by atoms with Gasteiger partial charge in [-0.1, -0.05) is 25.3 Å². The lowest BCUT2D eigenvalue weighted by atomic mass is 10.0. The summed E-state index contributed by atoms with van der Waals surface area (Å²) in [6.45, 7) is 1.29. The van der Waals surface area contributed by atoms with Gasteiger partial charge in [-0.2, -0.15) is 0 Å². The molecular formula is C19H30O5. The topological polar surface area (TPSA) is 65.0 Å². The molecule has 1 aromatic rings. The highest BCUT2D eigenvalue weighted by atomic mass is 16.5. The molecule has 0 saturated heterocycles. The summed E-state index contributed by atoms with van der Waals surface area (Å²) in [4.78, 5) is 10.4. The number of ether oxygens (including phenoxy) is 3. The summed E-state index contributed by atoms with van der Waals surface area (Å²) in [6.07, 6.45) is 7.20. The third-order valence-electron chi connectivity index (χ3n) is 3.83. The first-order chi connectivity index (χ1) is 11.7. The van der Waals surface area contributed by atoms with Gasteiger partial charge in [0.15, 0.2) is 11.5 Å². The summed E-state index contributed by atoms with van der Waals surface area (Å²) in [5.41, 5.74) is 1.24. The number of aryl methyl sites for hydroxylation is 1. The minimum Gasteiger partial charge on any atom is -0.493 e. The lowest BCUT2D eigenvalue weighted by Gasteiger charge is -2.12. The van der Waals surface area contributed by atoms with Crippen LogP contribution in [0.5, 0.6) is 11.5 Å². The van der Waals surface area contributed by atoms with Crippen molar-refractivity contribution in [3.63, 3.8) is 0 Å². The van der Waals surface area contributed by atoms with Gasteiger partial charge in [0.25, 0.3) is 0 Å². The number of methoxy groups -OCH3 is 2. The fourth-order valence-electron chi connectivity index (χ4n) is 2.51. The SMILES string of the molecule is COCCCOc1cc(CCCCCCCC(=O)O)ccc1OC. The molecule has 5 nitrogen and oxygen atoms in total. The summed E-state index contributed by atoms with van der Waals surface area (Å²) >= 11 is 0. The van der Waals surface area contributed by atoms with Gasteiger partial charge in [-0.3, -0.25) is 4.79 Å². The molecule has 0 unspecified atom stereocenters. The van der Waals surface area contributed by atoms with Crippen LogP contribution < -0.4 is 9.47 Å². The molecule has 0 aromatic heterocycles. The zero-order valence-corrected chi connectivity index (χ0v) is 14.9. The zero-order valence-electron chi connectivity index (χ0n) is 14.9. The van der Waals surface area contributed by atoms with Crippen molar-refractivity contribution in [3.8, 4) is 11.5 Å². The Labute approximate surface area is 144 Å². The van der Waals surface area contributed by atoms with Crippen LogP contribution in [0.2, 0.25) is 0 Å². The van der Waals surface area contributed by atoms with E-state index in [0.717, 1.165) is 56.4 Å².